The second-order valence-electron chi connectivity index (χ2n) is 4.92. The Morgan fingerprint density at radius 3 is 2.79 bits per heavy atom. The van der Waals surface area contributed by atoms with E-state index in [0.717, 1.165) is 13.1 Å². The average molecular weight is 287 g/mol. The van der Waals surface area contributed by atoms with Gasteiger partial charge in [0.05, 0.1) is 5.88 Å². The number of carbonyl (C=O) groups is 2. The van der Waals surface area contributed by atoms with Crippen LogP contribution in [0.3, 0.4) is 0 Å². The van der Waals surface area contributed by atoms with E-state index < -0.39 is 12.0 Å². The van der Waals surface area contributed by atoms with Gasteiger partial charge in [-0.05, 0) is 19.4 Å². The molecular weight excluding hydrogens is 266 g/mol. The third-order valence-electron chi connectivity index (χ3n) is 3.57. The summed E-state index contributed by atoms with van der Waals surface area (Å²) in [5.74, 6) is 0.0165. The summed E-state index contributed by atoms with van der Waals surface area (Å²) in [5, 5.41) is 11.8. The number of hydrogen-bond donors (Lipinski definition) is 2. The lowest BCUT2D eigenvalue weighted by atomic mass is 10.3. The van der Waals surface area contributed by atoms with Crippen LogP contribution in [0, 0.1) is 0 Å². The van der Waals surface area contributed by atoms with Gasteiger partial charge in [-0.2, -0.15) is 0 Å². The van der Waals surface area contributed by atoms with Gasteiger partial charge in [0.1, 0.15) is 6.04 Å². The van der Waals surface area contributed by atoms with Gasteiger partial charge in [0.2, 0.25) is 0 Å². The van der Waals surface area contributed by atoms with Crippen LogP contribution in [0.25, 0.3) is 0 Å². The van der Waals surface area contributed by atoms with E-state index in [-0.39, 0.29) is 6.03 Å². The van der Waals surface area contributed by atoms with Gasteiger partial charge in [0.15, 0.2) is 0 Å². The Balaban J connectivity index is 1.73. The molecule has 1 heterocycles. The van der Waals surface area contributed by atoms with Gasteiger partial charge in [-0.3, -0.25) is 4.90 Å². The number of nitrogens with one attached hydrogen (secondary N) is 1. The van der Waals surface area contributed by atoms with Crippen LogP contribution < -0.4 is 5.32 Å². The number of rotatable bonds is 6. The smallest absolute Gasteiger partial charge is 0.327 e. The predicted octanol–water partition coefficient (Wildman–Crippen LogP) is 0.640. The zero-order valence-electron chi connectivity index (χ0n) is 11.2. The van der Waals surface area contributed by atoms with Gasteiger partial charge in [-0.1, -0.05) is 6.92 Å². The third kappa shape index (κ3) is 3.76. The molecule has 7 heteroatoms. The van der Waals surface area contributed by atoms with Crippen molar-refractivity contribution in [2.45, 2.75) is 31.8 Å². The highest BCUT2D eigenvalue weighted by Crippen LogP contribution is 2.26. The summed E-state index contributed by atoms with van der Waals surface area (Å²) in [5.41, 5.74) is 0. The molecule has 0 bridgehead atoms. The molecular formula is C12H21N3O3S. The fraction of sp³-hybridized carbons (Fsp3) is 0.833. The van der Waals surface area contributed by atoms with Gasteiger partial charge in [0, 0.05) is 24.9 Å². The van der Waals surface area contributed by atoms with E-state index in [1.165, 1.54) is 29.5 Å². The standard InChI is InChI=1S/C12H21N3O3S/c1-2-14(9-3-4-9)6-5-13-12(18)15-8-19-7-10(15)11(16)17/h9-10H,2-8H2,1H3,(H,13,18)(H,16,17)/t10-/m0/s1. The second kappa shape index (κ2) is 6.47. The molecule has 0 aromatic heterocycles. The molecule has 1 saturated heterocycles. The fourth-order valence-corrected chi connectivity index (χ4v) is 3.44. The maximum Gasteiger partial charge on any atom is 0.327 e. The van der Waals surface area contributed by atoms with E-state index >= 15 is 0 Å². The Labute approximate surface area is 117 Å². The molecule has 2 aliphatic rings. The number of urea groups is 1. The van der Waals surface area contributed by atoms with Crippen molar-refractivity contribution in [1.82, 2.24) is 15.1 Å². The molecule has 2 fully saturated rings. The Morgan fingerprint density at radius 1 is 1.47 bits per heavy atom. The summed E-state index contributed by atoms with van der Waals surface area (Å²) in [6.45, 7) is 4.54. The summed E-state index contributed by atoms with van der Waals surface area (Å²) < 4.78 is 0. The monoisotopic (exact) mass is 287 g/mol. The SMILES string of the molecule is CCN(CCNC(=O)N1CSC[C@H]1C(=O)O)C1CC1. The first-order valence-electron chi connectivity index (χ1n) is 6.72. The molecule has 19 heavy (non-hydrogen) atoms. The van der Waals surface area contributed by atoms with Gasteiger partial charge in [-0.25, -0.2) is 9.59 Å². The van der Waals surface area contributed by atoms with E-state index in [1.807, 2.05) is 0 Å². The lowest BCUT2D eigenvalue weighted by molar-refractivity contribution is -0.140. The Hall–Kier alpha value is -0.950. The number of carboxylic acids is 1. The first-order valence-corrected chi connectivity index (χ1v) is 7.88. The van der Waals surface area contributed by atoms with Crippen LogP contribution in [0.1, 0.15) is 19.8 Å². The summed E-state index contributed by atoms with van der Waals surface area (Å²) in [6.07, 6.45) is 2.51. The minimum absolute atomic E-state index is 0.260. The van der Waals surface area contributed by atoms with E-state index in [4.69, 9.17) is 5.11 Å². The van der Waals surface area contributed by atoms with Crippen LogP contribution in [0.5, 0.6) is 0 Å². The Morgan fingerprint density at radius 2 is 2.21 bits per heavy atom. The van der Waals surface area contributed by atoms with Crippen LogP contribution in [0.15, 0.2) is 0 Å². The van der Waals surface area contributed by atoms with Crippen LogP contribution >= 0.6 is 11.8 Å². The van der Waals surface area contributed by atoms with E-state index in [0.29, 0.717) is 24.2 Å². The molecule has 108 valence electrons. The molecule has 0 radical (unpaired) electrons. The molecule has 2 N–H and O–H groups in total. The fourth-order valence-electron chi connectivity index (χ4n) is 2.29. The largest absolute Gasteiger partial charge is 0.480 e. The summed E-state index contributed by atoms with van der Waals surface area (Å²) in [4.78, 5) is 26.7. The van der Waals surface area contributed by atoms with Crippen LogP contribution in [-0.2, 0) is 4.79 Å². The molecule has 0 unspecified atom stereocenters. The Kier molecular flexibility index (Phi) is 4.93. The maximum atomic E-state index is 11.9. The molecule has 2 amide bonds. The minimum Gasteiger partial charge on any atom is -0.480 e. The highest BCUT2D eigenvalue weighted by molar-refractivity contribution is 7.99. The number of carbonyl (C=O) groups excluding carboxylic acids is 1. The van der Waals surface area contributed by atoms with Gasteiger partial charge < -0.3 is 15.3 Å². The van der Waals surface area contributed by atoms with Crippen LogP contribution in [-0.4, -0.2) is 70.3 Å². The number of hydrogen-bond acceptors (Lipinski definition) is 4. The van der Waals surface area contributed by atoms with Crippen molar-refractivity contribution in [3.63, 3.8) is 0 Å². The normalized spacial score (nSPS) is 22.8. The first-order chi connectivity index (χ1) is 9.13. The van der Waals surface area contributed by atoms with Gasteiger partial charge in [-0.15, -0.1) is 11.8 Å². The number of aliphatic carboxylic acids is 1. The van der Waals surface area contributed by atoms with Crippen molar-refractivity contribution in [3.05, 3.63) is 0 Å². The maximum absolute atomic E-state index is 11.9. The van der Waals surface area contributed by atoms with Crippen LogP contribution in [0.2, 0.25) is 0 Å². The third-order valence-corrected chi connectivity index (χ3v) is 4.59. The molecule has 6 nitrogen and oxygen atoms in total. The number of likely N-dealkylation sites (N-methyl/N-ethyl adjacent to an activating group) is 1. The van der Waals surface area contributed by atoms with Gasteiger partial charge in [0.25, 0.3) is 0 Å². The van der Waals surface area contributed by atoms with Crippen molar-refractivity contribution in [3.8, 4) is 0 Å². The molecule has 2 rings (SSSR count). The molecule has 0 aromatic rings. The highest BCUT2D eigenvalue weighted by atomic mass is 32.2. The molecule has 1 aliphatic carbocycles. The molecule has 1 saturated carbocycles. The quantitative estimate of drug-likeness (QED) is 0.750. The number of amides is 2. The zero-order chi connectivity index (χ0) is 13.8. The molecule has 1 atom stereocenters. The summed E-state index contributed by atoms with van der Waals surface area (Å²) in [7, 11) is 0. The lowest BCUT2D eigenvalue weighted by Crippen LogP contribution is -2.48. The average Bonchev–Trinajstić information content (AvgIpc) is 3.09. The number of thioether (sulfide) groups is 1. The topological polar surface area (TPSA) is 72.9 Å². The predicted molar refractivity (Wildman–Crippen MR) is 74.3 cm³/mol. The summed E-state index contributed by atoms with van der Waals surface area (Å²) in [6, 6.07) is -0.254. The van der Waals surface area contributed by atoms with E-state index in [2.05, 4.69) is 17.1 Å². The van der Waals surface area contributed by atoms with Crippen molar-refractivity contribution in [2.75, 3.05) is 31.3 Å². The zero-order valence-corrected chi connectivity index (χ0v) is 12.0. The number of nitrogens with zero attached hydrogens (tertiary/aromatic N) is 2. The molecule has 1 aliphatic heterocycles. The molecule has 0 spiro atoms. The van der Waals surface area contributed by atoms with Crippen molar-refractivity contribution >= 4 is 23.8 Å². The summed E-state index contributed by atoms with van der Waals surface area (Å²) >= 11 is 1.48. The highest BCUT2D eigenvalue weighted by Gasteiger charge is 2.34. The second-order valence-corrected chi connectivity index (χ2v) is 5.92. The Bertz CT molecular complexity index is 349. The van der Waals surface area contributed by atoms with Crippen molar-refractivity contribution < 1.29 is 14.7 Å². The molecule has 0 aromatic carbocycles. The number of carboxylic acid groups (broad SMARTS) is 1. The minimum atomic E-state index is -0.923. The van der Waals surface area contributed by atoms with E-state index in [9.17, 15) is 9.59 Å². The van der Waals surface area contributed by atoms with E-state index in [1.54, 1.807) is 0 Å². The lowest BCUT2D eigenvalue weighted by Gasteiger charge is -2.23. The first kappa shape index (κ1) is 14.5. The van der Waals surface area contributed by atoms with Crippen molar-refractivity contribution in [2.24, 2.45) is 0 Å². The van der Waals surface area contributed by atoms with Gasteiger partial charge >= 0.3 is 12.0 Å². The van der Waals surface area contributed by atoms with Crippen molar-refractivity contribution in [1.29, 1.82) is 0 Å². The van der Waals surface area contributed by atoms with Crippen LogP contribution in [0.4, 0.5) is 4.79 Å².